The first-order valence-electron chi connectivity index (χ1n) is 11.0. The van der Waals surface area contributed by atoms with Gasteiger partial charge in [0, 0.05) is 19.1 Å². The summed E-state index contributed by atoms with van der Waals surface area (Å²) in [4.78, 5) is 26.4. The van der Waals surface area contributed by atoms with Crippen molar-refractivity contribution < 1.29 is 22.7 Å². The number of nitrogens with zero attached hydrogens (tertiary/aromatic N) is 1. The highest BCUT2D eigenvalue weighted by Crippen LogP contribution is 2.27. The third-order valence-electron chi connectivity index (χ3n) is 5.98. The topological polar surface area (TPSA) is 105 Å². The van der Waals surface area contributed by atoms with Crippen LogP contribution >= 0.6 is 11.3 Å². The Labute approximate surface area is 199 Å². The van der Waals surface area contributed by atoms with Gasteiger partial charge in [0.05, 0.1) is 16.9 Å². The Morgan fingerprint density at radius 2 is 1.82 bits per heavy atom. The SMILES string of the molecule is CC[C@H](C)NC(=O)[C@H](NC(=O)c1cccs1)C1CCN(S(=O)(=O)c2ccc(OC)cc2)CC1. The molecule has 0 bridgehead atoms. The summed E-state index contributed by atoms with van der Waals surface area (Å²) in [5, 5.41) is 7.67. The molecule has 10 heteroatoms. The molecule has 1 aromatic carbocycles. The minimum atomic E-state index is -3.65. The van der Waals surface area contributed by atoms with E-state index in [-0.39, 0.29) is 41.8 Å². The van der Waals surface area contributed by atoms with Crippen LogP contribution in [0.25, 0.3) is 0 Å². The fourth-order valence-corrected chi connectivity index (χ4v) is 5.90. The number of rotatable bonds is 9. The Hall–Kier alpha value is -2.43. The molecule has 2 aromatic rings. The molecule has 0 unspecified atom stereocenters. The molecule has 2 amide bonds. The average Bonchev–Trinajstić information content (AvgIpc) is 3.37. The largest absolute Gasteiger partial charge is 0.497 e. The number of amides is 2. The Bertz CT molecular complexity index is 1030. The maximum absolute atomic E-state index is 13.1. The van der Waals surface area contributed by atoms with Crippen LogP contribution in [0.2, 0.25) is 0 Å². The molecule has 33 heavy (non-hydrogen) atoms. The number of benzene rings is 1. The number of thiophene rings is 1. The summed E-state index contributed by atoms with van der Waals surface area (Å²) in [7, 11) is -2.12. The second-order valence-electron chi connectivity index (χ2n) is 8.16. The first-order valence-corrected chi connectivity index (χ1v) is 13.4. The molecule has 180 valence electrons. The number of carbonyl (C=O) groups excluding carboxylic acids is 2. The zero-order chi connectivity index (χ0) is 24.0. The number of sulfonamides is 1. The van der Waals surface area contributed by atoms with E-state index in [0.29, 0.717) is 23.5 Å². The van der Waals surface area contributed by atoms with E-state index in [2.05, 4.69) is 10.6 Å². The molecule has 1 saturated heterocycles. The first-order chi connectivity index (χ1) is 15.8. The van der Waals surface area contributed by atoms with E-state index in [1.165, 1.54) is 34.9 Å². The Balaban J connectivity index is 1.71. The van der Waals surface area contributed by atoms with Crippen molar-refractivity contribution in [2.24, 2.45) is 5.92 Å². The summed E-state index contributed by atoms with van der Waals surface area (Å²) in [5.74, 6) is -0.0992. The summed E-state index contributed by atoms with van der Waals surface area (Å²) < 4.78 is 32.6. The minimum Gasteiger partial charge on any atom is -0.497 e. The molecule has 0 aliphatic carbocycles. The summed E-state index contributed by atoms with van der Waals surface area (Å²) in [5.41, 5.74) is 0. The van der Waals surface area contributed by atoms with Crippen molar-refractivity contribution in [1.82, 2.24) is 14.9 Å². The van der Waals surface area contributed by atoms with Gasteiger partial charge in [0.1, 0.15) is 11.8 Å². The zero-order valence-corrected chi connectivity index (χ0v) is 20.7. The Kier molecular flexibility index (Phi) is 8.50. The minimum absolute atomic E-state index is 0.0193. The molecule has 0 saturated carbocycles. The molecule has 1 aromatic heterocycles. The maximum Gasteiger partial charge on any atom is 0.262 e. The fourth-order valence-electron chi connectivity index (χ4n) is 3.80. The van der Waals surface area contributed by atoms with Crippen LogP contribution in [0.15, 0.2) is 46.7 Å². The van der Waals surface area contributed by atoms with E-state index in [4.69, 9.17) is 4.74 Å². The predicted octanol–water partition coefficient (Wildman–Crippen LogP) is 2.87. The van der Waals surface area contributed by atoms with Gasteiger partial charge in [-0.15, -0.1) is 11.3 Å². The molecule has 2 atom stereocenters. The lowest BCUT2D eigenvalue weighted by Gasteiger charge is -2.35. The van der Waals surface area contributed by atoms with Crippen molar-refractivity contribution in [1.29, 1.82) is 0 Å². The maximum atomic E-state index is 13.1. The lowest BCUT2D eigenvalue weighted by atomic mass is 9.89. The van der Waals surface area contributed by atoms with Gasteiger partial charge in [-0.2, -0.15) is 4.31 Å². The van der Waals surface area contributed by atoms with Gasteiger partial charge >= 0.3 is 0 Å². The number of hydrogen-bond donors (Lipinski definition) is 2. The molecule has 0 spiro atoms. The third-order valence-corrected chi connectivity index (χ3v) is 8.76. The van der Waals surface area contributed by atoms with Gasteiger partial charge in [-0.05, 0) is 67.8 Å². The third kappa shape index (κ3) is 6.13. The molecule has 3 rings (SSSR count). The van der Waals surface area contributed by atoms with Gasteiger partial charge in [-0.1, -0.05) is 13.0 Å². The molecule has 2 heterocycles. The molecule has 8 nitrogen and oxygen atoms in total. The number of hydrogen-bond acceptors (Lipinski definition) is 6. The summed E-state index contributed by atoms with van der Waals surface area (Å²) >= 11 is 1.31. The molecule has 2 N–H and O–H groups in total. The van der Waals surface area contributed by atoms with E-state index in [1.807, 2.05) is 19.2 Å². The van der Waals surface area contributed by atoms with Crippen LogP contribution in [0.5, 0.6) is 5.75 Å². The van der Waals surface area contributed by atoms with Gasteiger partial charge in [0.15, 0.2) is 0 Å². The monoisotopic (exact) mass is 493 g/mol. The van der Waals surface area contributed by atoms with Crippen LogP contribution in [0.1, 0.15) is 42.8 Å². The standard InChI is InChI=1S/C23H31N3O5S2/c1-4-16(2)24-23(28)21(25-22(27)20-6-5-15-32-20)17-11-13-26(14-12-17)33(29,30)19-9-7-18(31-3)8-10-19/h5-10,15-17,21H,4,11-14H2,1-3H3,(H,24,28)(H,25,27)/t16-,21+/m0/s1. The van der Waals surface area contributed by atoms with Crippen LogP contribution in [0, 0.1) is 5.92 Å². The average molecular weight is 494 g/mol. The van der Waals surface area contributed by atoms with Crippen molar-refractivity contribution >= 4 is 33.2 Å². The van der Waals surface area contributed by atoms with E-state index < -0.39 is 16.1 Å². The molecule has 1 aliphatic rings. The summed E-state index contributed by atoms with van der Waals surface area (Å²) in [6.45, 7) is 4.45. The molecular weight excluding hydrogens is 462 g/mol. The van der Waals surface area contributed by atoms with Crippen LogP contribution < -0.4 is 15.4 Å². The van der Waals surface area contributed by atoms with E-state index in [9.17, 15) is 18.0 Å². The lowest BCUT2D eigenvalue weighted by molar-refractivity contribution is -0.125. The van der Waals surface area contributed by atoms with E-state index in [1.54, 1.807) is 24.3 Å². The molecule has 0 radical (unpaired) electrons. The van der Waals surface area contributed by atoms with Gasteiger partial charge in [0.2, 0.25) is 15.9 Å². The highest BCUT2D eigenvalue weighted by Gasteiger charge is 2.36. The van der Waals surface area contributed by atoms with Crippen LogP contribution in [0.4, 0.5) is 0 Å². The van der Waals surface area contributed by atoms with Crippen molar-refractivity contribution in [2.75, 3.05) is 20.2 Å². The number of carbonyl (C=O) groups is 2. The molecule has 1 fully saturated rings. The highest BCUT2D eigenvalue weighted by atomic mass is 32.2. The van der Waals surface area contributed by atoms with Crippen LogP contribution in [0.3, 0.4) is 0 Å². The van der Waals surface area contributed by atoms with E-state index >= 15 is 0 Å². The predicted molar refractivity (Wildman–Crippen MR) is 128 cm³/mol. The Morgan fingerprint density at radius 3 is 2.36 bits per heavy atom. The number of ether oxygens (including phenoxy) is 1. The summed E-state index contributed by atoms with van der Waals surface area (Å²) in [6, 6.07) is 9.07. The second kappa shape index (κ2) is 11.1. The van der Waals surface area contributed by atoms with Crippen molar-refractivity contribution in [3.63, 3.8) is 0 Å². The smallest absolute Gasteiger partial charge is 0.262 e. The first kappa shape index (κ1) is 25.2. The number of piperidine rings is 1. The van der Waals surface area contributed by atoms with Crippen LogP contribution in [-0.4, -0.2) is 56.8 Å². The van der Waals surface area contributed by atoms with Gasteiger partial charge in [-0.25, -0.2) is 8.42 Å². The normalized spacial score (nSPS) is 17.2. The van der Waals surface area contributed by atoms with Crippen molar-refractivity contribution in [2.45, 2.75) is 50.1 Å². The van der Waals surface area contributed by atoms with Gasteiger partial charge in [-0.3, -0.25) is 9.59 Å². The Morgan fingerprint density at radius 1 is 1.15 bits per heavy atom. The number of methoxy groups -OCH3 is 1. The van der Waals surface area contributed by atoms with Crippen molar-refractivity contribution in [3.8, 4) is 5.75 Å². The number of nitrogens with one attached hydrogen (secondary N) is 2. The van der Waals surface area contributed by atoms with Gasteiger partial charge in [0.25, 0.3) is 5.91 Å². The second-order valence-corrected chi connectivity index (χ2v) is 11.0. The molecular formula is C23H31N3O5S2. The van der Waals surface area contributed by atoms with E-state index in [0.717, 1.165) is 6.42 Å². The van der Waals surface area contributed by atoms with Crippen molar-refractivity contribution in [3.05, 3.63) is 46.7 Å². The fraction of sp³-hybridized carbons (Fsp3) is 0.478. The quantitative estimate of drug-likeness (QED) is 0.559. The van der Waals surface area contributed by atoms with Crippen LogP contribution in [-0.2, 0) is 14.8 Å². The highest BCUT2D eigenvalue weighted by molar-refractivity contribution is 7.89. The van der Waals surface area contributed by atoms with Gasteiger partial charge < -0.3 is 15.4 Å². The zero-order valence-electron chi connectivity index (χ0n) is 19.1. The molecule has 1 aliphatic heterocycles. The lowest BCUT2D eigenvalue weighted by Crippen LogP contribution is -2.55. The summed E-state index contributed by atoms with van der Waals surface area (Å²) in [6.07, 6.45) is 1.72.